The normalized spacial score (nSPS) is 15.2. The number of hydrogen-bond donors (Lipinski definition) is 1. The van der Waals surface area contributed by atoms with Crippen molar-refractivity contribution in [3.05, 3.63) is 114 Å². The molecule has 0 radical (unpaired) electrons. The molecule has 37 heavy (non-hydrogen) atoms. The summed E-state index contributed by atoms with van der Waals surface area (Å²) in [5.41, 5.74) is 9.05. The number of aryl methyl sites for hydroxylation is 1. The van der Waals surface area contributed by atoms with Gasteiger partial charge in [-0.25, -0.2) is 0 Å². The summed E-state index contributed by atoms with van der Waals surface area (Å²) in [5.74, 6) is 1.68. The molecule has 0 bridgehead atoms. The molecule has 0 amide bonds. The van der Waals surface area contributed by atoms with E-state index in [0.29, 0.717) is 0 Å². The predicted molar refractivity (Wildman–Crippen MR) is 151 cm³/mol. The van der Waals surface area contributed by atoms with Gasteiger partial charge in [0, 0.05) is 22.9 Å². The number of aromatic nitrogens is 1. The van der Waals surface area contributed by atoms with Crippen molar-refractivity contribution in [1.82, 2.24) is 4.98 Å². The maximum absolute atomic E-state index is 5.41. The van der Waals surface area contributed by atoms with Crippen LogP contribution in [0.4, 0.5) is 5.69 Å². The summed E-state index contributed by atoms with van der Waals surface area (Å²) >= 11 is 0. The Balaban J connectivity index is 1.51. The van der Waals surface area contributed by atoms with Gasteiger partial charge in [-0.05, 0) is 84.8 Å². The van der Waals surface area contributed by atoms with Crippen LogP contribution in [0.2, 0.25) is 0 Å². The summed E-state index contributed by atoms with van der Waals surface area (Å²) < 4.78 is 10.8. The molecule has 5 nitrogen and oxygen atoms in total. The van der Waals surface area contributed by atoms with Crippen LogP contribution >= 0.6 is 0 Å². The van der Waals surface area contributed by atoms with Crippen LogP contribution in [0.15, 0.2) is 102 Å². The summed E-state index contributed by atoms with van der Waals surface area (Å²) in [6, 6.07) is 33.6. The van der Waals surface area contributed by atoms with E-state index in [-0.39, 0.29) is 6.04 Å². The van der Waals surface area contributed by atoms with Crippen molar-refractivity contribution in [3.63, 3.8) is 0 Å². The van der Waals surface area contributed by atoms with Gasteiger partial charge in [-0.15, -0.1) is 0 Å². The minimum absolute atomic E-state index is 0.0214. The van der Waals surface area contributed by atoms with E-state index in [0.717, 1.165) is 51.7 Å². The first-order chi connectivity index (χ1) is 18.1. The topological polar surface area (TPSA) is 49.9 Å². The molecule has 1 atom stereocenters. The van der Waals surface area contributed by atoms with Crippen LogP contribution in [0.1, 0.15) is 29.2 Å². The molecule has 5 aromatic rings. The van der Waals surface area contributed by atoms with Gasteiger partial charge < -0.3 is 14.5 Å². The number of fused-ring (bicyclic) bond motifs is 1. The number of aromatic amines is 1. The fourth-order valence-electron chi connectivity index (χ4n) is 5.12. The number of rotatable bonds is 6. The standard InChI is InChI=1S/C32H29N3O2/c1-21-8-14-24(15-9-21)35-30(20-29(34-35)22-10-16-25(36-2)17-11-22)31-27-6-4-5-7-28(27)33-32(31)23-12-18-26(37-3)19-13-23/h4-19,30,33H,20H2,1-3H3. The molecule has 1 aliphatic rings. The van der Waals surface area contributed by atoms with Crippen molar-refractivity contribution < 1.29 is 9.47 Å². The van der Waals surface area contributed by atoms with E-state index in [2.05, 4.69) is 89.7 Å². The fraction of sp³-hybridized carbons (Fsp3) is 0.156. The van der Waals surface area contributed by atoms with Gasteiger partial charge in [0.15, 0.2) is 0 Å². The highest BCUT2D eigenvalue weighted by molar-refractivity contribution is 6.04. The van der Waals surface area contributed by atoms with Crippen molar-refractivity contribution in [2.24, 2.45) is 5.10 Å². The first-order valence-electron chi connectivity index (χ1n) is 12.5. The van der Waals surface area contributed by atoms with Crippen LogP contribution in [0.3, 0.4) is 0 Å². The SMILES string of the molecule is COc1ccc(C2=NN(c3ccc(C)cc3)C(c3c(-c4ccc(OC)cc4)[nH]c4ccccc34)C2)cc1. The lowest BCUT2D eigenvalue weighted by molar-refractivity contribution is 0.414. The molecule has 0 saturated carbocycles. The number of nitrogens with zero attached hydrogens (tertiary/aromatic N) is 2. The Bertz CT molecular complexity index is 1570. The third kappa shape index (κ3) is 4.23. The molecule has 184 valence electrons. The van der Waals surface area contributed by atoms with Crippen LogP contribution < -0.4 is 14.5 Å². The lowest BCUT2D eigenvalue weighted by Gasteiger charge is -2.25. The van der Waals surface area contributed by atoms with Gasteiger partial charge in [-0.3, -0.25) is 5.01 Å². The molecule has 0 saturated heterocycles. The fourth-order valence-corrected chi connectivity index (χ4v) is 5.12. The molecular formula is C32H29N3O2. The Morgan fingerprint density at radius 2 is 1.38 bits per heavy atom. The average Bonchev–Trinajstić information content (AvgIpc) is 3.55. The van der Waals surface area contributed by atoms with Gasteiger partial charge in [-0.2, -0.15) is 5.10 Å². The molecule has 1 N–H and O–H groups in total. The summed E-state index contributed by atoms with van der Waals surface area (Å²) in [5, 5.41) is 8.59. The van der Waals surface area contributed by atoms with E-state index in [1.54, 1.807) is 14.2 Å². The molecule has 0 fully saturated rings. The van der Waals surface area contributed by atoms with Gasteiger partial charge in [0.1, 0.15) is 11.5 Å². The van der Waals surface area contributed by atoms with Crippen LogP contribution in [0.5, 0.6) is 11.5 Å². The number of methoxy groups -OCH3 is 2. The van der Waals surface area contributed by atoms with Crippen LogP contribution in [-0.2, 0) is 0 Å². The Morgan fingerprint density at radius 3 is 2.03 bits per heavy atom. The number of H-pyrrole nitrogens is 1. The van der Waals surface area contributed by atoms with Gasteiger partial charge in [0.25, 0.3) is 0 Å². The smallest absolute Gasteiger partial charge is 0.118 e. The van der Waals surface area contributed by atoms with Crippen molar-refractivity contribution in [3.8, 4) is 22.8 Å². The first kappa shape index (κ1) is 22.9. The van der Waals surface area contributed by atoms with E-state index in [1.807, 2.05) is 24.3 Å². The molecule has 1 aliphatic heterocycles. The quantitative estimate of drug-likeness (QED) is 0.269. The van der Waals surface area contributed by atoms with E-state index in [1.165, 1.54) is 16.5 Å². The van der Waals surface area contributed by atoms with Crippen molar-refractivity contribution in [1.29, 1.82) is 0 Å². The molecule has 0 spiro atoms. The second-order valence-corrected chi connectivity index (χ2v) is 9.36. The summed E-state index contributed by atoms with van der Waals surface area (Å²) in [4.78, 5) is 3.71. The van der Waals surface area contributed by atoms with E-state index < -0.39 is 0 Å². The lowest BCUT2D eigenvalue weighted by Crippen LogP contribution is -2.19. The number of benzene rings is 4. The van der Waals surface area contributed by atoms with Gasteiger partial charge >= 0.3 is 0 Å². The Morgan fingerprint density at radius 1 is 0.757 bits per heavy atom. The summed E-state index contributed by atoms with van der Waals surface area (Å²) in [6.07, 6.45) is 0.783. The molecule has 1 unspecified atom stereocenters. The Kier molecular flexibility index (Phi) is 5.89. The molecule has 2 heterocycles. The number of anilines is 1. The number of hydrogen-bond acceptors (Lipinski definition) is 4. The van der Waals surface area contributed by atoms with Crippen LogP contribution in [-0.4, -0.2) is 24.9 Å². The number of para-hydroxylation sites is 1. The van der Waals surface area contributed by atoms with E-state index in [4.69, 9.17) is 14.6 Å². The highest BCUT2D eigenvalue weighted by Gasteiger charge is 2.34. The van der Waals surface area contributed by atoms with Crippen LogP contribution in [0.25, 0.3) is 22.2 Å². The zero-order chi connectivity index (χ0) is 25.4. The van der Waals surface area contributed by atoms with E-state index >= 15 is 0 Å². The second kappa shape index (κ2) is 9.51. The maximum Gasteiger partial charge on any atom is 0.118 e. The second-order valence-electron chi connectivity index (χ2n) is 9.36. The van der Waals surface area contributed by atoms with E-state index in [9.17, 15) is 0 Å². The zero-order valence-electron chi connectivity index (χ0n) is 21.2. The predicted octanol–water partition coefficient (Wildman–Crippen LogP) is 7.52. The highest BCUT2D eigenvalue weighted by atomic mass is 16.5. The number of hydrazone groups is 1. The maximum atomic E-state index is 5.41. The van der Waals surface area contributed by atoms with Crippen molar-refractivity contribution in [2.45, 2.75) is 19.4 Å². The molecule has 5 heteroatoms. The van der Waals surface area contributed by atoms with Crippen molar-refractivity contribution in [2.75, 3.05) is 19.2 Å². The van der Waals surface area contributed by atoms with Gasteiger partial charge in [0.05, 0.1) is 37.4 Å². The summed E-state index contributed by atoms with van der Waals surface area (Å²) in [6.45, 7) is 2.11. The zero-order valence-corrected chi connectivity index (χ0v) is 21.2. The molecule has 4 aromatic carbocycles. The van der Waals surface area contributed by atoms with Crippen LogP contribution in [0, 0.1) is 6.92 Å². The van der Waals surface area contributed by atoms with Crippen molar-refractivity contribution >= 4 is 22.3 Å². The molecule has 1 aromatic heterocycles. The highest BCUT2D eigenvalue weighted by Crippen LogP contribution is 2.44. The largest absolute Gasteiger partial charge is 0.497 e. The third-order valence-corrected chi connectivity index (χ3v) is 7.09. The minimum atomic E-state index is 0.0214. The molecule has 0 aliphatic carbocycles. The lowest BCUT2D eigenvalue weighted by atomic mass is 9.93. The first-order valence-corrected chi connectivity index (χ1v) is 12.5. The van der Waals surface area contributed by atoms with Gasteiger partial charge in [0.2, 0.25) is 0 Å². The Labute approximate surface area is 217 Å². The Hall–Kier alpha value is -4.51. The minimum Gasteiger partial charge on any atom is -0.497 e. The van der Waals surface area contributed by atoms with Gasteiger partial charge in [-0.1, -0.05) is 35.9 Å². The summed E-state index contributed by atoms with van der Waals surface area (Å²) in [7, 11) is 3.38. The number of ether oxygens (including phenoxy) is 2. The molecular weight excluding hydrogens is 458 g/mol. The molecule has 6 rings (SSSR count). The monoisotopic (exact) mass is 487 g/mol. The average molecular weight is 488 g/mol. The number of nitrogens with one attached hydrogen (secondary N) is 1. The third-order valence-electron chi connectivity index (χ3n) is 7.09.